The lowest BCUT2D eigenvalue weighted by atomic mass is 10.2. The van der Waals surface area contributed by atoms with Crippen molar-refractivity contribution in [3.8, 4) is 11.4 Å². The van der Waals surface area contributed by atoms with E-state index in [1.165, 1.54) is 0 Å². The third-order valence-corrected chi connectivity index (χ3v) is 2.48. The van der Waals surface area contributed by atoms with Crippen molar-refractivity contribution in [1.29, 1.82) is 0 Å². The molecule has 0 radical (unpaired) electrons. The van der Waals surface area contributed by atoms with Gasteiger partial charge >= 0.3 is 0 Å². The van der Waals surface area contributed by atoms with Crippen LogP contribution < -0.4 is 5.73 Å². The fourth-order valence-electron chi connectivity index (χ4n) is 1.14. The number of nitrogen functional groups attached to an aromatic ring is 1. The lowest BCUT2D eigenvalue weighted by Gasteiger charge is -2.02. The van der Waals surface area contributed by atoms with E-state index in [9.17, 15) is 0 Å². The molecule has 3 nitrogen and oxygen atoms in total. The zero-order valence-corrected chi connectivity index (χ0v) is 8.90. The highest BCUT2D eigenvalue weighted by atomic mass is 79.9. The summed E-state index contributed by atoms with van der Waals surface area (Å²) in [5.41, 5.74) is 6.52. The van der Waals surface area contributed by atoms with E-state index in [-0.39, 0.29) is 0 Å². The monoisotopic (exact) mass is 249 g/mol. The molecule has 0 unspecified atom stereocenters. The van der Waals surface area contributed by atoms with Crippen molar-refractivity contribution in [2.75, 3.05) is 5.73 Å². The lowest BCUT2D eigenvalue weighted by Crippen LogP contribution is -1.94. The number of halogens is 1. The van der Waals surface area contributed by atoms with Crippen LogP contribution in [0, 0.1) is 0 Å². The van der Waals surface area contributed by atoms with E-state index in [0.29, 0.717) is 11.6 Å². The molecule has 2 rings (SSSR count). The van der Waals surface area contributed by atoms with Crippen LogP contribution in [0.2, 0.25) is 0 Å². The predicted molar refractivity (Wildman–Crippen MR) is 59.6 cm³/mol. The molecule has 2 aromatic rings. The molecule has 0 spiro atoms. The fraction of sp³-hybridized carbons (Fsp3) is 0. The number of nitrogens with two attached hydrogens (primary N) is 1. The Balaban J connectivity index is 2.55. The average Bonchev–Trinajstić information content (AvgIpc) is 2.18. The van der Waals surface area contributed by atoms with Crippen LogP contribution in [0.3, 0.4) is 0 Å². The maximum Gasteiger partial charge on any atom is 0.162 e. The van der Waals surface area contributed by atoms with Gasteiger partial charge < -0.3 is 5.73 Å². The summed E-state index contributed by atoms with van der Waals surface area (Å²) in [5, 5.41) is 0. The number of hydrogen-bond donors (Lipinski definition) is 1. The Kier molecular flexibility index (Phi) is 2.45. The third-order valence-electron chi connectivity index (χ3n) is 1.79. The Morgan fingerprint density at radius 1 is 1.14 bits per heavy atom. The van der Waals surface area contributed by atoms with Crippen LogP contribution in [-0.4, -0.2) is 9.97 Å². The zero-order valence-electron chi connectivity index (χ0n) is 7.31. The molecule has 2 N–H and O–H groups in total. The van der Waals surface area contributed by atoms with Crippen molar-refractivity contribution >= 4 is 21.7 Å². The van der Waals surface area contributed by atoms with Gasteiger partial charge in [-0.05, 0) is 12.1 Å². The Labute approximate surface area is 90.1 Å². The number of anilines is 1. The number of benzene rings is 1. The summed E-state index contributed by atoms with van der Waals surface area (Å²) in [5.74, 6) is 1.11. The second kappa shape index (κ2) is 3.75. The quantitative estimate of drug-likeness (QED) is 0.845. The Morgan fingerprint density at radius 2 is 1.93 bits per heavy atom. The van der Waals surface area contributed by atoms with Gasteiger partial charge in [-0.25, -0.2) is 9.97 Å². The Hall–Kier alpha value is -1.42. The van der Waals surface area contributed by atoms with Gasteiger partial charge in [0.2, 0.25) is 0 Å². The summed E-state index contributed by atoms with van der Waals surface area (Å²) < 4.78 is 0.964. The lowest BCUT2D eigenvalue weighted by molar-refractivity contribution is 1.18. The van der Waals surface area contributed by atoms with E-state index in [2.05, 4.69) is 25.9 Å². The van der Waals surface area contributed by atoms with Crippen LogP contribution in [0.4, 0.5) is 5.82 Å². The normalized spacial score (nSPS) is 10.1. The molecular formula is C10H8BrN3. The van der Waals surface area contributed by atoms with E-state index in [0.717, 1.165) is 10.0 Å². The van der Waals surface area contributed by atoms with Gasteiger partial charge in [-0.15, -0.1) is 0 Å². The molecule has 0 aliphatic rings. The molecule has 0 saturated carbocycles. The van der Waals surface area contributed by atoms with Crippen molar-refractivity contribution < 1.29 is 0 Å². The molecule has 0 aliphatic carbocycles. The molecule has 1 aromatic carbocycles. The first-order valence-electron chi connectivity index (χ1n) is 4.11. The van der Waals surface area contributed by atoms with Gasteiger partial charge in [0.15, 0.2) is 5.82 Å². The summed E-state index contributed by atoms with van der Waals surface area (Å²) in [6.45, 7) is 0. The summed E-state index contributed by atoms with van der Waals surface area (Å²) in [6.07, 6.45) is 1.65. The molecule has 0 fully saturated rings. The SMILES string of the molecule is Nc1ccnc(-c2ccccc2Br)n1. The van der Waals surface area contributed by atoms with Crippen LogP contribution in [-0.2, 0) is 0 Å². The van der Waals surface area contributed by atoms with Crippen LogP contribution >= 0.6 is 15.9 Å². The van der Waals surface area contributed by atoms with Crippen LogP contribution in [0.5, 0.6) is 0 Å². The first-order valence-corrected chi connectivity index (χ1v) is 4.90. The van der Waals surface area contributed by atoms with Crippen molar-refractivity contribution in [3.63, 3.8) is 0 Å². The predicted octanol–water partition coefficient (Wildman–Crippen LogP) is 2.49. The van der Waals surface area contributed by atoms with Crippen molar-refractivity contribution in [2.45, 2.75) is 0 Å². The Morgan fingerprint density at radius 3 is 2.64 bits per heavy atom. The van der Waals surface area contributed by atoms with Crippen molar-refractivity contribution in [1.82, 2.24) is 9.97 Å². The highest BCUT2D eigenvalue weighted by molar-refractivity contribution is 9.10. The van der Waals surface area contributed by atoms with E-state index < -0.39 is 0 Å². The fourth-order valence-corrected chi connectivity index (χ4v) is 1.61. The van der Waals surface area contributed by atoms with E-state index >= 15 is 0 Å². The second-order valence-corrected chi connectivity index (χ2v) is 3.64. The van der Waals surface area contributed by atoms with Gasteiger partial charge in [0.05, 0.1) is 0 Å². The minimum Gasteiger partial charge on any atom is -0.384 e. The Bertz CT molecular complexity index is 457. The molecule has 0 saturated heterocycles. The molecule has 4 heteroatoms. The van der Waals surface area contributed by atoms with E-state index in [1.54, 1.807) is 12.3 Å². The topological polar surface area (TPSA) is 51.8 Å². The number of nitrogens with zero attached hydrogens (tertiary/aromatic N) is 2. The van der Waals surface area contributed by atoms with Gasteiger partial charge in [-0.1, -0.05) is 34.1 Å². The number of hydrogen-bond acceptors (Lipinski definition) is 3. The maximum absolute atomic E-state index is 5.58. The summed E-state index contributed by atoms with van der Waals surface area (Å²) in [7, 11) is 0. The van der Waals surface area contributed by atoms with Gasteiger partial charge in [-0.2, -0.15) is 0 Å². The average molecular weight is 250 g/mol. The van der Waals surface area contributed by atoms with Gasteiger partial charge in [0.25, 0.3) is 0 Å². The zero-order chi connectivity index (χ0) is 9.97. The summed E-state index contributed by atoms with van der Waals surface area (Å²) >= 11 is 3.44. The third kappa shape index (κ3) is 1.75. The van der Waals surface area contributed by atoms with Crippen LogP contribution in [0.15, 0.2) is 41.0 Å². The van der Waals surface area contributed by atoms with Crippen molar-refractivity contribution in [2.24, 2.45) is 0 Å². The van der Waals surface area contributed by atoms with Gasteiger partial charge in [-0.3, -0.25) is 0 Å². The largest absolute Gasteiger partial charge is 0.384 e. The molecule has 70 valence electrons. The van der Waals surface area contributed by atoms with Crippen LogP contribution in [0.25, 0.3) is 11.4 Å². The molecular weight excluding hydrogens is 242 g/mol. The minimum absolute atomic E-state index is 0.478. The number of aromatic nitrogens is 2. The first kappa shape index (κ1) is 9.15. The maximum atomic E-state index is 5.58. The summed E-state index contributed by atoms with van der Waals surface area (Å²) in [4.78, 5) is 8.29. The molecule has 14 heavy (non-hydrogen) atoms. The van der Waals surface area contributed by atoms with Crippen molar-refractivity contribution in [3.05, 3.63) is 41.0 Å². The summed E-state index contributed by atoms with van der Waals surface area (Å²) in [6, 6.07) is 9.44. The minimum atomic E-state index is 0.478. The van der Waals surface area contributed by atoms with E-state index in [4.69, 9.17) is 5.73 Å². The first-order chi connectivity index (χ1) is 6.77. The molecule has 1 heterocycles. The molecule has 0 bridgehead atoms. The number of rotatable bonds is 1. The smallest absolute Gasteiger partial charge is 0.162 e. The molecule has 0 atom stereocenters. The highest BCUT2D eigenvalue weighted by Crippen LogP contribution is 2.24. The standard InChI is InChI=1S/C10H8BrN3/c11-8-4-2-1-3-7(8)10-13-6-5-9(12)14-10/h1-6H,(H2,12,13,14). The van der Waals surface area contributed by atoms with Gasteiger partial charge in [0.1, 0.15) is 5.82 Å². The molecule has 0 aliphatic heterocycles. The highest BCUT2D eigenvalue weighted by Gasteiger charge is 2.04. The molecule has 0 amide bonds. The van der Waals surface area contributed by atoms with Crippen LogP contribution in [0.1, 0.15) is 0 Å². The molecule has 1 aromatic heterocycles. The second-order valence-electron chi connectivity index (χ2n) is 2.78. The van der Waals surface area contributed by atoms with E-state index in [1.807, 2.05) is 24.3 Å². The van der Waals surface area contributed by atoms with Gasteiger partial charge in [0, 0.05) is 16.2 Å².